The van der Waals surface area contributed by atoms with Gasteiger partial charge in [-0.05, 0) is 43.0 Å². The highest BCUT2D eigenvalue weighted by Crippen LogP contribution is 2.66. The third-order valence-corrected chi connectivity index (χ3v) is 6.11. The summed E-state index contributed by atoms with van der Waals surface area (Å²) in [7, 11) is 0. The lowest BCUT2D eigenvalue weighted by Crippen LogP contribution is -2.49. The van der Waals surface area contributed by atoms with Crippen molar-refractivity contribution in [2.24, 2.45) is 0 Å². The normalized spacial score (nSPS) is 21.3. The van der Waals surface area contributed by atoms with Crippen LogP contribution in [0.25, 0.3) is 22.1 Å². The maximum Gasteiger partial charge on any atom is 0.380 e. The molecule has 2 aromatic carbocycles. The third-order valence-electron chi connectivity index (χ3n) is 6.11. The lowest BCUT2D eigenvalue weighted by molar-refractivity contribution is -0.258. The number of furan rings is 1. The Balaban J connectivity index is 1.95. The summed E-state index contributed by atoms with van der Waals surface area (Å²) >= 11 is 0. The van der Waals surface area contributed by atoms with Crippen LogP contribution in [0.4, 0.5) is 26.3 Å². The summed E-state index contributed by atoms with van der Waals surface area (Å²) in [5, 5.41) is 0.0882. The molecule has 5 rings (SSSR count). The fourth-order valence-corrected chi connectivity index (χ4v) is 4.74. The lowest BCUT2D eigenvalue weighted by Gasteiger charge is -2.26. The summed E-state index contributed by atoms with van der Waals surface area (Å²) in [6.07, 6.45) is 0.223. The molecule has 7 heteroatoms. The van der Waals surface area contributed by atoms with E-state index >= 15 is 17.6 Å². The van der Waals surface area contributed by atoms with Gasteiger partial charge in [-0.3, -0.25) is 0 Å². The Kier molecular flexibility index (Phi) is 3.90. The smallest absolute Gasteiger partial charge is 0.380 e. The highest BCUT2D eigenvalue weighted by molar-refractivity contribution is 6.04. The second kappa shape index (κ2) is 6.05. The number of aryl methyl sites for hydroxylation is 1. The van der Waals surface area contributed by atoms with E-state index in [0.717, 1.165) is 0 Å². The molecule has 1 aromatic heterocycles. The zero-order valence-electron chi connectivity index (χ0n) is 16.5. The van der Waals surface area contributed by atoms with E-state index in [4.69, 9.17) is 4.42 Å². The van der Waals surface area contributed by atoms with Gasteiger partial charge in [-0.15, -0.1) is 0 Å². The molecule has 160 valence electrons. The Bertz CT molecular complexity index is 1310. The maximum absolute atomic E-state index is 15.2. The van der Waals surface area contributed by atoms with Gasteiger partial charge in [0.25, 0.3) is 0 Å². The molecular weight excluding hydrogens is 418 g/mol. The minimum Gasteiger partial charge on any atom is -0.461 e. The van der Waals surface area contributed by atoms with Crippen molar-refractivity contribution < 1.29 is 30.8 Å². The minimum atomic E-state index is -5.60. The fraction of sp³-hybridized carbons (Fsp3) is 0.250. The molecule has 0 saturated carbocycles. The summed E-state index contributed by atoms with van der Waals surface area (Å²) in [5.41, 5.74) is -1.93. The largest absolute Gasteiger partial charge is 0.461 e. The molecule has 3 aromatic rings. The van der Waals surface area contributed by atoms with Gasteiger partial charge in [0.15, 0.2) is 0 Å². The van der Waals surface area contributed by atoms with Crippen molar-refractivity contribution >= 4 is 22.1 Å². The molecule has 0 radical (unpaired) electrons. The standard InChI is InChI=1S/C24H16F6O/c1-12-11-14-7-3-4-8-15(14)18(12)20-21(23(27,28)24(29,30)22(20,25)26)19-13(2)31-17-10-6-5-9-16(17)19/h3-10H,11H2,1-2H3. The number of hydrogen-bond donors (Lipinski definition) is 0. The number of fused-ring (bicyclic) bond motifs is 2. The predicted molar refractivity (Wildman–Crippen MR) is 105 cm³/mol. The molecule has 0 aliphatic heterocycles. The van der Waals surface area contributed by atoms with E-state index in [1.165, 1.54) is 38.1 Å². The van der Waals surface area contributed by atoms with Crippen LogP contribution in [0.15, 0.2) is 64.1 Å². The topological polar surface area (TPSA) is 13.1 Å². The van der Waals surface area contributed by atoms with Gasteiger partial charge in [-0.25, -0.2) is 0 Å². The minimum absolute atomic E-state index is 0.0882. The van der Waals surface area contributed by atoms with Crippen LogP contribution >= 0.6 is 0 Å². The first-order valence-corrected chi connectivity index (χ1v) is 9.65. The van der Waals surface area contributed by atoms with Gasteiger partial charge in [0.1, 0.15) is 11.3 Å². The number of hydrogen-bond acceptors (Lipinski definition) is 1. The van der Waals surface area contributed by atoms with Crippen LogP contribution in [0.3, 0.4) is 0 Å². The number of para-hydroxylation sites is 1. The molecule has 2 aliphatic rings. The Labute approximate surface area is 173 Å². The first kappa shape index (κ1) is 20.0. The van der Waals surface area contributed by atoms with Crippen molar-refractivity contribution in [2.45, 2.75) is 38.0 Å². The van der Waals surface area contributed by atoms with Crippen molar-refractivity contribution in [1.29, 1.82) is 0 Å². The first-order chi connectivity index (χ1) is 14.5. The zero-order chi connectivity index (χ0) is 22.3. The summed E-state index contributed by atoms with van der Waals surface area (Å²) in [6.45, 7) is 2.82. The van der Waals surface area contributed by atoms with Crippen molar-refractivity contribution in [2.75, 3.05) is 0 Å². The van der Waals surface area contributed by atoms with E-state index in [9.17, 15) is 8.78 Å². The Hall–Kier alpha value is -2.96. The summed E-state index contributed by atoms with van der Waals surface area (Å²) in [4.78, 5) is 0. The Morgan fingerprint density at radius 1 is 0.774 bits per heavy atom. The summed E-state index contributed by atoms with van der Waals surface area (Å²) < 4.78 is 95.7. The highest BCUT2D eigenvalue weighted by atomic mass is 19.3. The van der Waals surface area contributed by atoms with E-state index in [-0.39, 0.29) is 34.3 Å². The van der Waals surface area contributed by atoms with Crippen LogP contribution in [-0.4, -0.2) is 17.8 Å². The Morgan fingerprint density at radius 3 is 2.13 bits per heavy atom. The SMILES string of the molecule is CC1=C(C2=C(c3c(C)oc4ccccc34)C(F)(F)C(F)(F)C2(F)F)c2ccccc2C1. The van der Waals surface area contributed by atoms with E-state index in [1.807, 2.05) is 0 Å². The molecule has 0 spiro atoms. The van der Waals surface area contributed by atoms with Crippen LogP contribution in [0, 0.1) is 6.92 Å². The predicted octanol–water partition coefficient (Wildman–Crippen LogP) is 7.44. The fourth-order valence-electron chi connectivity index (χ4n) is 4.74. The molecule has 2 aliphatic carbocycles. The zero-order valence-corrected chi connectivity index (χ0v) is 16.5. The number of alkyl halides is 6. The van der Waals surface area contributed by atoms with Gasteiger partial charge in [0, 0.05) is 22.1 Å². The van der Waals surface area contributed by atoms with Crippen molar-refractivity contribution in [3.63, 3.8) is 0 Å². The van der Waals surface area contributed by atoms with E-state index in [2.05, 4.69) is 0 Å². The average molecular weight is 434 g/mol. The molecule has 0 N–H and O–H groups in total. The average Bonchev–Trinajstić information content (AvgIpc) is 3.23. The molecule has 0 amide bonds. The van der Waals surface area contributed by atoms with Crippen molar-refractivity contribution in [3.05, 3.63) is 82.1 Å². The van der Waals surface area contributed by atoms with Crippen LogP contribution in [-0.2, 0) is 6.42 Å². The van der Waals surface area contributed by atoms with Crippen LogP contribution < -0.4 is 0 Å². The third kappa shape index (κ3) is 2.34. The molecule has 31 heavy (non-hydrogen) atoms. The lowest BCUT2D eigenvalue weighted by atomic mass is 9.89. The molecule has 0 saturated heterocycles. The molecular formula is C24H16F6O. The van der Waals surface area contributed by atoms with Crippen molar-refractivity contribution in [3.8, 4) is 0 Å². The molecule has 0 unspecified atom stereocenters. The monoisotopic (exact) mass is 434 g/mol. The summed E-state index contributed by atoms with van der Waals surface area (Å²) in [5.74, 6) is -15.9. The second-order valence-electron chi connectivity index (χ2n) is 7.99. The van der Waals surface area contributed by atoms with Crippen molar-refractivity contribution in [1.82, 2.24) is 0 Å². The summed E-state index contributed by atoms with van der Waals surface area (Å²) in [6, 6.07) is 12.4. The number of halogens is 6. The van der Waals surface area contributed by atoms with Gasteiger partial charge in [0.05, 0.1) is 0 Å². The molecule has 1 nitrogen and oxygen atoms in total. The highest BCUT2D eigenvalue weighted by Gasteiger charge is 2.81. The molecule has 1 heterocycles. The van der Waals surface area contributed by atoms with Gasteiger partial charge >= 0.3 is 17.8 Å². The van der Waals surface area contributed by atoms with Gasteiger partial charge in [-0.2, -0.15) is 26.3 Å². The van der Waals surface area contributed by atoms with E-state index < -0.39 is 34.5 Å². The molecule has 0 atom stereocenters. The van der Waals surface area contributed by atoms with E-state index in [0.29, 0.717) is 11.1 Å². The van der Waals surface area contributed by atoms with Gasteiger partial charge in [-0.1, -0.05) is 48.0 Å². The van der Waals surface area contributed by atoms with Crippen LogP contribution in [0.2, 0.25) is 0 Å². The molecule has 0 bridgehead atoms. The van der Waals surface area contributed by atoms with Gasteiger partial charge < -0.3 is 4.42 Å². The van der Waals surface area contributed by atoms with Crippen LogP contribution in [0.5, 0.6) is 0 Å². The second-order valence-corrected chi connectivity index (χ2v) is 7.99. The Morgan fingerprint density at radius 2 is 1.39 bits per heavy atom. The maximum atomic E-state index is 15.2. The van der Waals surface area contributed by atoms with E-state index in [1.54, 1.807) is 24.3 Å². The number of allylic oxidation sites excluding steroid dienone is 4. The number of benzene rings is 2. The number of rotatable bonds is 2. The van der Waals surface area contributed by atoms with Crippen LogP contribution in [0.1, 0.15) is 29.4 Å². The first-order valence-electron chi connectivity index (χ1n) is 9.65. The molecule has 0 fully saturated rings. The quantitative estimate of drug-likeness (QED) is 0.382. The van der Waals surface area contributed by atoms with Gasteiger partial charge in [0.2, 0.25) is 0 Å².